The lowest BCUT2D eigenvalue weighted by Crippen LogP contribution is -2.29. The Balaban J connectivity index is 0.000000636. The highest BCUT2D eigenvalue weighted by molar-refractivity contribution is 9.10. The maximum Gasteiger partial charge on any atom is 0.238 e. The first-order valence-corrected chi connectivity index (χ1v) is 8.02. The normalized spacial score (nSPS) is 10.9. The maximum atomic E-state index is 3.54. The molecule has 0 aliphatic heterocycles. The van der Waals surface area contributed by atoms with Gasteiger partial charge in [0, 0.05) is 15.9 Å². The second-order valence-electron chi connectivity index (χ2n) is 4.84. The van der Waals surface area contributed by atoms with Crippen molar-refractivity contribution in [2.24, 2.45) is 7.05 Å². The molecular weight excluding hydrogens is 324 g/mol. The summed E-state index contributed by atoms with van der Waals surface area (Å²) >= 11 is 3.54. The topological polar surface area (TPSA) is 19.7 Å². The third-order valence-electron chi connectivity index (χ3n) is 3.69. The van der Waals surface area contributed by atoms with Crippen molar-refractivity contribution in [3.8, 4) is 0 Å². The van der Waals surface area contributed by atoms with Crippen LogP contribution in [0.4, 0.5) is 0 Å². The highest BCUT2D eigenvalue weighted by atomic mass is 79.9. The molecule has 0 radical (unpaired) electrons. The number of aromatic amines is 1. The van der Waals surface area contributed by atoms with E-state index in [1.54, 1.807) is 0 Å². The third-order valence-corrected chi connectivity index (χ3v) is 4.19. The summed E-state index contributed by atoms with van der Waals surface area (Å²) in [6.45, 7) is 4.00. The Morgan fingerprint density at radius 3 is 2.52 bits per heavy atom. The molecule has 0 aliphatic carbocycles. The second kappa shape index (κ2) is 5.49. The van der Waals surface area contributed by atoms with Gasteiger partial charge < -0.3 is 4.98 Å². The summed E-state index contributed by atoms with van der Waals surface area (Å²) in [5.74, 6) is 0. The summed E-state index contributed by atoms with van der Waals surface area (Å²) < 4.78 is 3.37. The average Bonchev–Trinajstić information content (AvgIpc) is 2.87. The lowest BCUT2D eigenvalue weighted by atomic mass is 10.1. The van der Waals surface area contributed by atoms with Gasteiger partial charge in [0.15, 0.2) is 0 Å². The van der Waals surface area contributed by atoms with Crippen molar-refractivity contribution in [1.82, 2.24) is 4.98 Å². The lowest BCUT2D eigenvalue weighted by molar-refractivity contribution is -0.616. The molecule has 0 unspecified atom stereocenters. The van der Waals surface area contributed by atoms with E-state index >= 15 is 0 Å². The fourth-order valence-electron chi connectivity index (χ4n) is 2.84. The van der Waals surface area contributed by atoms with Crippen LogP contribution in [0, 0.1) is 0 Å². The van der Waals surface area contributed by atoms with Crippen LogP contribution in [0.1, 0.15) is 13.8 Å². The van der Waals surface area contributed by atoms with Crippen molar-refractivity contribution in [2.75, 3.05) is 0 Å². The Morgan fingerprint density at radius 1 is 0.952 bits per heavy atom. The van der Waals surface area contributed by atoms with E-state index in [0.29, 0.717) is 0 Å². The molecule has 2 aromatic heterocycles. The Hall–Kier alpha value is -1.87. The lowest BCUT2D eigenvalue weighted by Gasteiger charge is -1.99. The zero-order valence-electron chi connectivity index (χ0n) is 12.4. The van der Waals surface area contributed by atoms with E-state index in [1.165, 1.54) is 32.8 Å². The Bertz CT molecular complexity index is 938. The van der Waals surface area contributed by atoms with E-state index in [4.69, 9.17) is 0 Å². The zero-order valence-corrected chi connectivity index (χ0v) is 14.0. The molecule has 0 spiro atoms. The number of para-hydroxylation sites is 1. The summed E-state index contributed by atoms with van der Waals surface area (Å²) in [6, 6.07) is 17.0. The standard InChI is InChI=1S/C16H11BrN2.C2H6/c1-19-15-7-6-11(17)8-10(15)9-14-16(19)12-4-2-3-5-13(12)18-14;1-2/h2-9H,1H3;1-2H3/p+1. The number of benzene rings is 2. The molecule has 106 valence electrons. The molecule has 2 aromatic carbocycles. The summed E-state index contributed by atoms with van der Waals surface area (Å²) in [4.78, 5) is 3.49. The van der Waals surface area contributed by atoms with Gasteiger partial charge in [-0.05, 0) is 30.3 Å². The Labute approximate surface area is 132 Å². The molecule has 4 rings (SSSR count). The molecular formula is C18H18BrN2+. The van der Waals surface area contributed by atoms with Crippen molar-refractivity contribution in [1.29, 1.82) is 0 Å². The number of nitrogens with zero attached hydrogens (tertiary/aromatic N) is 1. The van der Waals surface area contributed by atoms with Crippen LogP contribution in [0.3, 0.4) is 0 Å². The molecule has 0 atom stereocenters. The molecule has 0 fully saturated rings. The first-order chi connectivity index (χ1) is 10.2. The minimum Gasteiger partial charge on any atom is -0.349 e. The Kier molecular flexibility index (Phi) is 3.68. The molecule has 0 saturated carbocycles. The summed E-state index contributed by atoms with van der Waals surface area (Å²) in [6.07, 6.45) is 0. The molecule has 0 aliphatic rings. The molecule has 1 N–H and O–H groups in total. The van der Waals surface area contributed by atoms with Crippen molar-refractivity contribution in [3.63, 3.8) is 0 Å². The van der Waals surface area contributed by atoms with E-state index in [2.05, 4.69) is 81.1 Å². The SMILES string of the molecule is CC.C[n+]1c2ccc(Br)cc2cc2[nH]c3ccccc3c21. The number of H-pyrrole nitrogens is 1. The number of hydrogen-bond acceptors (Lipinski definition) is 0. The average molecular weight is 342 g/mol. The highest BCUT2D eigenvalue weighted by Gasteiger charge is 2.16. The van der Waals surface area contributed by atoms with E-state index in [1.807, 2.05) is 13.8 Å². The molecule has 3 heteroatoms. The molecule has 2 heterocycles. The molecule has 0 saturated heterocycles. The van der Waals surface area contributed by atoms with Gasteiger partial charge in [-0.3, -0.25) is 0 Å². The van der Waals surface area contributed by atoms with Crippen molar-refractivity contribution in [2.45, 2.75) is 13.8 Å². The Morgan fingerprint density at radius 2 is 1.71 bits per heavy atom. The van der Waals surface area contributed by atoms with Crippen LogP contribution in [0.2, 0.25) is 0 Å². The minimum absolute atomic E-state index is 1.11. The smallest absolute Gasteiger partial charge is 0.238 e. The van der Waals surface area contributed by atoms with Crippen LogP contribution >= 0.6 is 15.9 Å². The molecule has 21 heavy (non-hydrogen) atoms. The minimum atomic E-state index is 1.11. The quantitative estimate of drug-likeness (QED) is 0.430. The van der Waals surface area contributed by atoms with E-state index in [9.17, 15) is 0 Å². The summed E-state index contributed by atoms with van der Waals surface area (Å²) in [5, 5.41) is 2.50. The zero-order chi connectivity index (χ0) is 15.0. The molecule has 0 bridgehead atoms. The van der Waals surface area contributed by atoms with E-state index in [0.717, 1.165) is 4.47 Å². The van der Waals surface area contributed by atoms with Gasteiger partial charge in [0.05, 0.1) is 10.9 Å². The largest absolute Gasteiger partial charge is 0.349 e. The van der Waals surface area contributed by atoms with Crippen LogP contribution in [0.25, 0.3) is 32.8 Å². The predicted octanol–water partition coefficient (Wildman–Crippen LogP) is 5.09. The van der Waals surface area contributed by atoms with Gasteiger partial charge in [0.25, 0.3) is 0 Å². The maximum absolute atomic E-state index is 3.54. The summed E-state index contributed by atoms with van der Waals surface area (Å²) in [7, 11) is 2.12. The molecule has 4 aromatic rings. The van der Waals surface area contributed by atoms with Crippen LogP contribution in [0.15, 0.2) is 53.0 Å². The van der Waals surface area contributed by atoms with Crippen LogP contribution in [0.5, 0.6) is 0 Å². The highest BCUT2D eigenvalue weighted by Crippen LogP contribution is 2.26. The van der Waals surface area contributed by atoms with Crippen LogP contribution < -0.4 is 4.57 Å². The number of pyridine rings is 1. The predicted molar refractivity (Wildman–Crippen MR) is 93.5 cm³/mol. The van der Waals surface area contributed by atoms with Crippen molar-refractivity contribution >= 4 is 48.8 Å². The van der Waals surface area contributed by atoms with Crippen LogP contribution in [-0.4, -0.2) is 4.98 Å². The number of hydrogen-bond donors (Lipinski definition) is 1. The summed E-state index contributed by atoms with van der Waals surface area (Å²) in [5.41, 5.74) is 4.85. The number of nitrogens with one attached hydrogen (secondary N) is 1. The first-order valence-electron chi connectivity index (χ1n) is 7.23. The van der Waals surface area contributed by atoms with Gasteiger partial charge in [-0.25, -0.2) is 0 Å². The first kappa shape index (κ1) is 14.1. The monoisotopic (exact) mass is 341 g/mol. The van der Waals surface area contributed by atoms with E-state index in [-0.39, 0.29) is 0 Å². The van der Waals surface area contributed by atoms with Gasteiger partial charge in [0.2, 0.25) is 11.0 Å². The van der Waals surface area contributed by atoms with Gasteiger partial charge in [-0.1, -0.05) is 41.9 Å². The fourth-order valence-corrected chi connectivity index (χ4v) is 3.21. The van der Waals surface area contributed by atoms with Gasteiger partial charge >= 0.3 is 0 Å². The second-order valence-corrected chi connectivity index (χ2v) is 5.76. The van der Waals surface area contributed by atoms with Crippen molar-refractivity contribution in [3.05, 3.63) is 53.0 Å². The van der Waals surface area contributed by atoms with Gasteiger partial charge in [-0.15, -0.1) is 0 Å². The molecule has 0 amide bonds. The van der Waals surface area contributed by atoms with E-state index < -0.39 is 0 Å². The van der Waals surface area contributed by atoms with Gasteiger partial charge in [0.1, 0.15) is 12.6 Å². The fraction of sp³-hybridized carbons (Fsp3) is 0.167. The van der Waals surface area contributed by atoms with Crippen LogP contribution in [-0.2, 0) is 7.05 Å². The number of aryl methyl sites for hydroxylation is 1. The molecule has 2 nitrogen and oxygen atoms in total. The third kappa shape index (κ3) is 2.22. The number of fused-ring (bicyclic) bond motifs is 4. The number of aromatic nitrogens is 2. The van der Waals surface area contributed by atoms with Crippen molar-refractivity contribution < 1.29 is 4.57 Å². The number of rotatable bonds is 0. The number of halogens is 1. The van der Waals surface area contributed by atoms with Gasteiger partial charge in [-0.2, -0.15) is 4.57 Å².